The van der Waals surface area contributed by atoms with Gasteiger partial charge in [0.2, 0.25) is 0 Å². The van der Waals surface area contributed by atoms with Crippen molar-refractivity contribution >= 4 is 0 Å². The minimum Gasteiger partial charge on any atom is -0.395 e. The summed E-state index contributed by atoms with van der Waals surface area (Å²) in [5, 5.41) is 10.1. The van der Waals surface area contributed by atoms with Crippen LogP contribution in [0, 0.1) is 0 Å². The number of fused-ring (bicyclic) bond motifs is 1. The molecular formula is C21H25NO. The lowest BCUT2D eigenvalue weighted by molar-refractivity contribution is 0.188. The summed E-state index contributed by atoms with van der Waals surface area (Å²) in [5.41, 5.74) is 5.84. The maximum absolute atomic E-state index is 10.1. The minimum absolute atomic E-state index is 0.0841. The number of hydrogen-bond donors (Lipinski definition) is 1. The molecule has 4 rings (SSSR count). The molecule has 0 amide bonds. The van der Waals surface area contributed by atoms with E-state index in [1.54, 1.807) is 11.1 Å². The maximum Gasteiger partial charge on any atom is 0.0540 e. The van der Waals surface area contributed by atoms with Gasteiger partial charge < -0.3 is 5.11 Å². The van der Waals surface area contributed by atoms with Crippen molar-refractivity contribution in [3.63, 3.8) is 0 Å². The van der Waals surface area contributed by atoms with E-state index in [1.165, 1.54) is 30.4 Å². The molecule has 23 heavy (non-hydrogen) atoms. The van der Waals surface area contributed by atoms with Crippen molar-refractivity contribution in [2.45, 2.75) is 37.6 Å². The molecule has 1 atom stereocenters. The van der Waals surface area contributed by atoms with Crippen LogP contribution in [0.15, 0.2) is 48.5 Å². The Balaban J connectivity index is 1.54. The number of rotatable bonds is 4. The minimum atomic E-state index is -0.0841. The number of hydrogen-bond acceptors (Lipinski definition) is 2. The molecule has 2 aromatic rings. The summed E-state index contributed by atoms with van der Waals surface area (Å²) in [6.07, 6.45) is 4.83. The molecule has 0 bridgehead atoms. The molecule has 2 aromatic carbocycles. The second kappa shape index (κ2) is 6.10. The highest BCUT2D eigenvalue weighted by Crippen LogP contribution is 2.35. The molecule has 2 aliphatic rings. The highest BCUT2D eigenvalue weighted by atomic mass is 16.3. The standard InChI is InChI=1S/C21H25NO/c23-16-21(19-9-2-1-3-10-19)12-13-22(15-21)14-18-8-4-6-17-7-5-11-20(17)18/h1-4,6,8-10,23H,5,7,11-16H2. The van der Waals surface area contributed by atoms with Gasteiger partial charge in [-0.3, -0.25) is 4.90 Å². The molecule has 1 N–H and O–H groups in total. The monoisotopic (exact) mass is 307 g/mol. The molecule has 1 fully saturated rings. The van der Waals surface area contributed by atoms with Crippen molar-refractivity contribution in [1.29, 1.82) is 0 Å². The summed E-state index contributed by atoms with van der Waals surface area (Å²) < 4.78 is 0. The van der Waals surface area contributed by atoms with Crippen LogP contribution < -0.4 is 0 Å². The van der Waals surface area contributed by atoms with Crippen LogP contribution in [0.3, 0.4) is 0 Å². The van der Waals surface area contributed by atoms with Gasteiger partial charge in [0.15, 0.2) is 0 Å². The van der Waals surface area contributed by atoms with Crippen LogP contribution in [-0.2, 0) is 24.8 Å². The summed E-state index contributed by atoms with van der Waals surface area (Å²) in [4.78, 5) is 2.52. The maximum atomic E-state index is 10.1. The van der Waals surface area contributed by atoms with Crippen LogP contribution in [0.4, 0.5) is 0 Å². The Kier molecular flexibility index (Phi) is 3.96. The third kappa shape index (κ3) is 2.71. The van der Waals surface area contributed by atoms with E-state index in [0.717, 1.165) is 26.1 Å². The summed E-state index contributed by atoms with van der Waals surface area (Å²) >= 11 is 0. The molecular weight excluding hydrogens is 282 g/mol. The van der Waals surface area contributed by atoms with Crippen molar-refractivity contribution in [3.8, 4) is 0 Å². The van der Waals surface area contributed by atoms with Crippen LogP contribution >= 0.6 is 0 Å². The topological polar surface area (TPSA) is 23.5 Å². The second-order valence-electron chi connectivity index (χ2n) is 7.17. The normalized spacial score (nSPS) is 24.0. The van der Waals surface area contributed by atoms with Crippen molar-refractivity contribution in [3.05, 3.63) is 70.8 Å². The van der Waals surface area contributed by atoms with Gasteiger partial charge in [-0.15, -0.1) is 0 Å². The lowest BCUT2D eigenvalue weighted by Gasteiger charge is -2.28. The van der Waals surface area contributed by atoms with Crippen LogP contribution in [0.5, 0.6) is 0 Å². The van der Waals surface area contributed by atoms with Gasteiger partial charge in [-0.25, -0.2) is 0 Å². The van der Waals surface area contributed by atoms with E-state index in [2.05, 4.69) is 53.4 Å². The molecule has 0 spiro atoms. The summed E-state index contributed by atoms with van der Waals surface area (Å²) in [5.74, 6) is 0. The quantitative estimate of drug-likeness (QED) is 0.937. The third-order valence-electron chi connectivity index (χ3n) is 5.76. The molecule has 1 unspecified atom stereocenters. The van der Waals surface area contributed by atoms with E-state index in [0.29, 0.717) is 0 Å². The highest BCUT2D eigenvalue weighted by Gasteiger charge is 2.39. The largest absolute Gasteiger partial charge is 0.395 e. The molecule has 2 nitrogen and oxygen atoms in total. The first kappa shape index (κ1) is 14.9. The number of likely N-dealkylation sites (tertiary alicyclic amines) is 1. The van der Waals surface area contributed by atoms with Gasteiger partial charge in [-0.2, -0.15) is 0 Å². The Morgan fingerprint density at radius 2 is 1.87 bits per heavy atom. The average molecular weight is 307 g/mol. The zero-order valence-electron chi connectivity index (χ0n) is 13.7. The van der Waals surface area contributed by atoms with Crippen molar-refractivity contribution in [2.24, 2.45) is 0 Å². The fourth-order valence-electron chi connectivity index (χ4n) is 4.43. The molecule has 1 saturated heterocycles. The predicted octanol–water partition coefficient (Wildman–Crippen LogP) is 3.31. The number of benzene rings is 2. The van der Waals surface area contributed by atoms with Gasteiger partial charge in [0, 0.05) is 18.5 Å². The summed E-state index contributed by atoms with van der Waals surface area (Å²) in [7, 11) is 0. The first-order valence-electron chi connectivity index (χ1n) is 8.79. The van der Waals surface area contributed by atoms with Gasteiger partial charge >= 0.3 is 0 Å². The van der Waals surface area contributed by atoms with Gasteiger partial charge in [0.25, 0.3) is 0 Å². The molecule has 0 saturated carbocycles. The Bertz CT molecular complexity index is 681. The van der Waals surface area contributed by atoms with E-state index in [1.807, 2.05) is 0 Å². The number of aryl methyl sites for hydroxylation is 1. The first-order valence-corrected chi connectivity index (χ1v) is 8.79. The average Bonchev–Trinajstić information content (AvgIpc) is 3.24. The molecule has 0 aromatic heterocycles. The molecule has 1 aliphatic carbocycles. The highest BCUT2D eigenvalue weighted by molar-refractivity contribution is 5.38. The Morgan fingerprint density at radius 1 is 1.00 bits per heavy atom. The van der Waals surface area contributed by atoms with E-state index in [4.69, 9.17) is 0 Å². The van der Waals surface area contributed by atoms with Crippen LogP contribution in [0.2, 0.25) is 0 Å². The van der Waals surface area contributed by atoms with E-state index >= 15 is 0 Å². The van der Waals surface area contributed by atoms with Crippen LogP contribution in [0.1, 0.15) is 35.1 Å². The molecule has 1 aliphatic heterocycles. The lowest BCUT2D eigenvalue weighted by atomic mass is 9.80. The van der Waals surface area contributed by atoms with Crippen molar-refractivity contribution in [2.75, 3.05) is 19.7 Å². The summed E-state index contributed by atoms with van der Waals surface area (Å²) in [6, 6.07) is 17.4. The van der Waals surface area contributed by atoms with Gasteiger partial charge in [-0.1, -0.05) is 48.5 Å². The van der Waals surface area contributed by atoms with Gasteiger partial charge in [0.1, 0.15) is 0 Å². The molecule has 120 valence electrons. The second-order valence-corrected chi connectivity index (χ2v) is 7.17. The molecule has 1 heterocycles. The Hall–Kier alpha value is -1.64. The number of aliphatic hydroxyl groups excluding tert-OH is 1. The molecule has 2 heteroatoms. The SMILES string of the molecule is OCC1(c2ccccc2)CCN(Cc2cccc3c2CCC3)C1. The zero-order chi connectivity index (χ0) is 15.7. The van der Waals surface area contributed by atoms with Gasteiger partial charge in [0.05, 0.1) is 6.61 Å². The number of aliphatic hydroxyl groups is 1. The lowest BCUT2D eigenvalue weighted by Crippen LogP contribution is -2.34. The zero-order valence-corrected chi connectivity index (χ0v) is 13.7. The van der Waals surface area contributed by atoms with Crippen molar-refractivity contribution < 1.29 is 5.11 Å². The Morgan fingerprint density at radius 3 is 2.70 bits per heavy atom. The Labute approximate surface area is 138 Å². The predicted molar refractivity (Wildman–Crippen MR) is 93.6 cm³/mol. The third-order valence-corrected chi connectivity index (χ3v) is 5.76. The smallest absolute Gasteiger partial charge is 0.0540 e. The summed E-state index contributed by atoms with van der Waals surface area (Å²) in [6.45, 7) is 3.29. The number of nitrogens with zero attached hydrogens (tertiary/aromatic N) is 1. The van der Waals surface area contributed by atoms with Gasteiger partial charge in [-0.05, 0) is 54.5 Å². The fraction of sp³-hybridized carbons (Fsp3) is 0.429. The van der Waals surface area contributed by atoms with E-state index < -0.39 is 0 Å². The van der Waals surface area contributed by atoms with Crippen molar-refractivity contribution in [1.82, 2.24) is 4.90 Å². The van der Waals surface area contributed by atoms with E-state index in [9.17, 15) is 5.11 Å². The fourth-order valence-corrected chi connectivity index (χ4v) is 4.43. The van der Waals surface area contributed by atoms with E-state index in [-0.39, 0.29) is 12.0 Å². The molecule has 0 radical (unpaired) electrons. The first-order chi connectivity index (χ1) is 11.3. The van der Waals surface area contributed by atoms with Crippen LogP contribution in [0.25, 0.3) is 0 Å². The van der Waals surface area contributed by atoms with Crippen LogP contribution in [-0.4, -0.2) is 29.7 Å².